The minimum Gasteiger partial charge on any atom is -0.542 e. The molecule has 0 aliphatic rings. The minimum absolute atomic E-state index is 0.00472. The van der Waals surface area contributed by atoms with Crippen LogP contribution in [0, 0.1) is 5.82 Å². The summed E-state index contributed by atoms with van der Waals surface area (Å²) >= 11 is 0. The summed E-state index contributed by atoms with van der Waals surface area (Å²) in [6, 6.07) is 8.81. The van der Waals surface area contributed by atoms with E-state index in [0.29, 0.717) is 11.1 Å². The molecule has 3 nitrogen and oxygen atoms in total. The molecule has 2 aromatic rings. The van der Waals surface area contributed by atoms with Crippen molar-refractivity contribution in [2.75, 3.05) is 13.9 Å². The first-order valence-electron chi connectivity index (χ1n) is 5.94. The van der Waals surface area contributed by atoms with E-state index in [0.717, 1.165) is 5.39 Å². The van der Waals surface area contributed by atoms with Crippen LogP contribution in [-0.2, 0) is 4.74 Å². The number of methoxy groups -OCH3 is 1. The van der Waals surface area contributed by atoms with E-state index in [9.17, 15) is 4.39 Å². The monoisotopic (exact) mass is 279 g/mol. The Bertz CT molecular complexity index is 572. The van der Waals surface area contributed by atoms with Crippen molar-refractivity contribution in [1.82, 2.24) is 0 Å². The van der Waals surface area contributed by atoms with E-state index >= 15 is 0 Å². The van der Waals surface area contributed by atoms with Crippen molar-refractivity contribution in [3.05, 3.63) is 36.1 Å². The molecule has 5 heteroatoms. The van der Waals surface area contributed by atoms with Crippen molar-refractivity contribution in [1.29, 1.82) is 0 Å². The fourth-order valence-corrected chi connectivity index (χ4v) is 2.42. The molecule has 0 unspecified atom stereocenters. The average Bonchev–Trinajstić information content (AvgIpc) is 2.40. The van der Waals surface area contributed by atoms with Crippen LogP contribution in [0.1, 0.15) is 0 Å². The van der Waals surface area contributed by atoms with Crippen LogP contribution in [0.25, 0.3) is 10.8 Å². The molecule has 2 aromatic carbocycles. The summed E-state index contributed by atoms with van der Waals surface area (Å²) in [5.41, 5.74) is 0. The molecule has 0 saturated carbocycles. The molecule has 0 spiro atoms. The highest BCUT2D eigenvalue weighted by atomic mass is 28.3. The molecule has 0 saturated heterocycles. The highest BCUT2D eigenvalue weighted by Crippen LogP contribution is 2.35. The zero-order valence-corrected chi connectivity index (χ0v) is 12.2. The number of fused-ring (bicyclic) bond motifs is 1. The largest absolute Gasteiger partial charge is 0.542 e. The third-order valence-corrected chi connectivity index (χ3v) is 3.18. The highest BCUT2D eigenvalue weighted by Gasteiger charge is 2.15. The van der Waals surface area contributed by atoms with Crippen LogP contribution in [-0.4, -0.2) is 22.9 Å². The van der Waals surface area contributed by atoms with Crippen LogP contribution >= 0.6 is 0 Å². The van der Waals surface area contributed by atoms with E-state index < -0.39 is 9.04 Å². The number of hydrogen-bond donors (Lipinski definition) is 0. The first kappa shape index (κ1) is 13.8. The number of rotatable bonds is 5. The maximum absolute atomic E-state index is 14.3. The van der Waals surface area contributed by atoms with Gasteiger partial charge in [-0.15, -0.1) is 0 Å². The lowest BCUT2D eigenvalue weighted by Gasteiger charge is -2.15. The van der Waals surface area contributed by atoms with Gasteiger partial charge in [-0.05, 0) is 13.1 Å². The van der Waals surface area contributed by atoms with Gasteiger partial charge >= 0.3 is 0 Å². The van der Waals surface area contributed by atoms with E-state index in [4.69, 9.17) is 13.9 Å². The minimum atomic E-state index is -0.936. The van der Waals surface area contributed by atoms with E-state index in [1.165, 1.54) is 7.11 Å². The number of ether oxygens (including phenoxy) is 2. The highest BCUT2D eigenvalue weighted by molar-refractivity contribution is 6.49. The quantitative estimate of drug-likeness (QED) is 0.618. The summed E-state index contributed by atoms with van der Waals surface area (Å²) < 4.78 is 30.2. The second-order valence-electron chi connectivity index (χ2n) is 4.29. The molecule has 101 valence electrons. The lowest BCUT2D eigenvalue weighted by atomic mass is 10.1. The molecule has 0 N–H and O–H groups in total. The maximum atomic E-state index is 14.3. The van der Waals surface area contributed by atoms with Crippen LogP contribution in [0.3, 0.4) is 0 Å². The van der Waals surface area contributed by atoms with Crippen LogP contribution in [0.2, 0.25) is 13.1 Å². The molecule has 2 rings (SSSR count). The third kappa shape index (κ3) is 3.05. The van der Waals surface area contributed by atoms with Gasteiger partial charge in [0.2, 0.25) is 0 Å². The summed E-state index contributed by atoms with van der Waals surface area (Å²) in [5, 5.41) is 1.25. The number of benzene rings is 2. The predicted octanol–water partition coefficient (Wildman–Crippen LogP) is 3.59. The molecule has 0 aliphatic heterocycles. The van der Waals surface area contributed by atoms with Gasteiger partial charge in [0.25, 0.3) is 9.04 Å². The van der Waals surface area contributed by atoms with Crippen LogP contribution in [0.4, 0.5) is 4.39 Å². The summed E-state index contributed by atoms with van der Waals surface area (Å²) in [6.07, 6.45) is 0. The molecular formula is C14H16FO3Si. The lowest BCUT2D eigenvalue weighted by Crippen LogP contribution is -2.12. The Balaban J connectivity index is 2.54. The van der Waals surface area contributed by atoms with E-state index in [-0.39, 0.29) is 18.4 Å². The van der Waals surface area contributed by atoms with Gasteiger partial charge in [0, 0.05) is 23.9 Å². The predicted molar refractivity (Wildman–Crippen MR) is 74.5 cm³/mol. The Morgan fingerprint density at radius 2 is 1.79 bits per heavy atom. The SMILES string of the molecule is COCOc1cc(O[Si](C)C)c2ccccc2c1F. The molecule has 0 heterocycles. The second-order valence-corrected chi connectivity index (χ2v) is 6.31. The molecule has 1 radical (unpaired) electrons. The van der Waals surface area contributed by atoms with Gasteiger partial charge in [0.05, 0.1) is 0 Å². The zero-order valence-electron chi connectivity index (χ0n) is 11.2. The van der Waals surface area contributed by atoms with E-state index in [2.05, 4.69) is 0 Å². The first-order valence-corrected chi connectivity index (χ1v) is 8.35. The molecule has 19 heavy (non-hydrogen) atoms. The van der Waals surface area contributed by atoms with Gasteiger partial charge in [-0.3, -0.25) is 0 Å². The Hall–Kier alpha value is -1.59. The van der Waals surface area contributed by atoms with Gasteiger partial charge in [-0.25, -0.2) is 4.39 Å². The maximum Gasteiger partial charge on any atom is 0.274 e. The van der Waals surface area contributed by atoms with Gasteiger partial charge in [-0.2, -0.15) is 0 Å². The van der Waals surface area contributed by atoms with Gasteiger partial charge < -0.3 is 13.9 Å². The van der Waals surface area contributed by atoms with E-state index in [1.807, 2.05) is 25.2 Å². The van der Waals surface area contributed by atoms with Crippen LogP contribution < -0.4 is 9.16 Å². The Morgan fingerprint density at radius 1 is 1.11 bits per heavy atom. The van der Waals surface area contributed by atoms with Crippen molar-refractivity contribution in [3.8, 4) is 11.5 Å². The molecule has 0 amide bonds. The fraction of sp³-hybridized carbons (Fsp3) is 0.286. The Kier molecular flexibility index (Phi) is 4.39. The standard InChI is InChI=1S/C14H16FO3Si/c1-16-9-17-13-8-12(18-19(2)3)10-6-4-5-7-11(10)14(13)15/h4-8H,9H2,1-3H3. The van der Waals surface area contributed by atoms with Gasteiger partial charge in [0.1, 0.15) is 5.75 Å². The summed E-state index contributed by atoms with van der Waals surface area (Å²) in [7, 11) is 0.560. The van der Waals surface area contributed by atoms with Crippen LogP contribution in [0.5, 0.6) is 11.5 Å². The summed E-state index contributed by atoms with van der Waals surface area (Å²) in [6.45, 7) is 4.06. The molecule has 0 bridgehead atoms. The zero-order chi connectivity index (χ0) is 13.8. The second kappa shape index (κ2) is 6.03. The summed E-state index contributed by atoms with van der Waals surface area (Å²) in [5.74, 6) is 0.418. The fourth-order valence-electron chi connectivity index (χ4n) is 1.81. The van der Waals surface area contributed by atoms with E-state index in [1.54, 1.807) is 18.2 Å². The molecule has 0 aliphatic carbocycles. The van der Waals surface area contributed by atoms with Crippen molar-refractivity contribution in [3.63, 3.8) is 0 Å². The van der Waals surface area contributed by atoms with Crippen molar-refractivity contribution >= 4 is 19.8 Å². The molecule has 0 aromatic heterocycles. The molecular weight excluding hydrogens is 263 g/mol. The summed E-state index contributed by atoms with van der Waals surface area (Å²) in [4.78, 5) is 0. The Labute approximate surface area is 113 Å². The van der Waals surface area contributed by atoms with Crippen molar-refractivity contribution in [2.45, 2.75) is 13.1 Å². The number of hydrogen-bond acceptors (Lipinski definition) is 3. The van der Waals surface area contributed by atoms with Crippen molar-refractivity contribution in [2.24, 2.45) is 0 Å². The number of halogens is 1. The molecule has 0 atom stereocenters. The average molecular weight is 279 g/mol. The smallest absolute Gasteiger partial charge is 0.274 e. The Morgan fingerprint density at radius 3 is 2.42 bits per heavy atom. The lowest BCUT2D eigenvalue weighted by molar-refractivity contribution is 0.0484. The molecule has 0 fully saturated rings. The normalized spacial score (nSPS) is 11.0. The first-order chi connectivity index (χ1) is 9.13. The van der Waals surface area contributed by atoms with Gasteiger partial charge in [-0.1, -0.05) is 24.3 Å². The topological polar surface area (TPSA) is 27.7 Å². The van der Waals surface area contributed by atoms with Crippen LogP contribution in [0.15, 0.2) is 30.3 Å². The van der Waals surface area contributed by atoms with Crippen molar-refractivity contribution < 1.29 is 18.3 Å². The third-order valence-electron chi connectivity index (χ3n) is 2.55. The van der Waals surface area contributed by atoms with Gasteiger partial charge in [0.15, 0.2) is 18.4 Å².